The van der Waals surface area contributed by atoms with Crippen LogP contribution >= 0.6 is 34.7 Å². The highest BCUT2D eigenvalue weighted by Gasteiger charge is 2.09. The van der Waals surface area contributed by atoms with Crippen LogP contribution < -0.4 is 5.32 Å². The lowest BCUT2D eigenvalue weighted by Gasteiger charge is -2.03. The van der Waals surface area contributed by atoms with Crippen LogP contribution in [0.4, 0.5) is 10.8 Å². The lowest BCUT2D eigenvalue weighted by Crippen LogP contribution is -1.89. The number of aromatic nitrogens is 4. The van der Waals surface area contributed by atoms with E-state index in [9.17, 15) is 0 Å². The van der Waals surface area contributed by atoms with Crippen molar-refractivity contribution in [2.45, 2.75) is 23.9 Å². The summed E-state index contributed by atoms with van der Waals surface area (Å²) in [5.41, 5.74) is 1.92. The van der Waals surface area contributed by atoms with Crippen LogP contribution in [0.1, 0.15) is 17.3 Å². The van der Waals surface area contributed by atoms with Crippen LogP contribution in [0.15, 0.2) is 27.0 Å². The van der Waals surface area contributed by atoms with Crippen molar-refractivity contribution < 1.29 is 4.42 Å². The summed E-state index contributed by atoms with van der Waals surface area (Å²) in [6, 6.07) is 5.78. The average Bonchev–Trinajstić information content (AvgIpc) is 3.10. The van der Waals surface area contributed by atoms with Crippen molar-refractivity contribution in [1.29, 1.82) is 0 Å². The maximum absolute atomic E-state index is 6.10. The number of halogens is 1. The molecule has 9 heteroatoms. The number of benzene rings is 1. The van der Waals surface area contributed by atoms with Gasteiger partial charge in [-0.05, 0) is 24.6 Å². The van der Waals surface area contributed by atoms with Crippen LogP contribution in [-0.4, -0.2) is 20.4 Å². The molecule has 1 N–H and O–H groups in total. The molecule has 0 aliphatic heterocycles. The molecule has 22 heavy (non-hydrogen) atoms. The van der Waals surface area contributed by atoms with Crippen molar-refractivity contribution in [3.8, 4) is 0 Å². The molecule has 0 saturated heterocycles. The molecule has 3 aromatic rings. The lowest BCUT2D eigenvalue weighted by atomic mass is 10.2. The van der Waals surface area contributed by atoms with Crippen molar-refractivity contribution >= 4 is 45.5 Å². The Morgan fingerprint density at radius 3 is 2.82 bits per heavy atom. The largest absolute Gasteiger partial charge is 0.425 e. The first-order chi connectivity index (χ1) is 10.6. The summed E-state index contributed by atoms with van der Waals surface area (Å²) in [7, 11) is 0. The number of nitrogens with zero attached hydrogens (tertiary/aromatic N) is 4. The van der Waals surface area contributed by atoms with Crippen molar-refractivity contribution in [2.75, 3.05) is 5.32 Å². The Kier molecular flexibility index (Phi) is 4.60. The van der Waals surface area contributed by atoms with Crippen LogP contribution in [0.5, 0.6) is 0 Å². The normalized spacial score (nSPS) is 10.9. The molecule has 2 aromatic heterocycles. The van der Waals surface area contributed by atoms with E-state index in [1.54, 1.807) is 6.92 Å². The van der Waals surface area contributed by atoms with Gasteiger partial charge in [0.2, 0.25) is 16.9 Å². The number of thioether (sulfide) groups is 1. The smallest absolute Gasteiger partial charge is 0.226 e. The fourth-order valence-corrected chi connectivity index (χ4v) is 3.42. The molecule has 0 aliphatic rings. The van der Waals surface area contributed by atoms with Crippen molar-refractivity contribution in [1.82, 2.24) is 20.4 Å². The molecule has 2 heterocycles. The standard InChI is InChI=1S/C13H12ClN5OS2/c1-7-3-4-9(5-10(7)14)15-12-18-19-13(22-12)21-6-11-17-16-8(2)20-11/h3-5H,6H2,1-2H3,(H,15,18). The molecular weight excluding hydrogens is 342 g/mol. The minimum atomic E-state index is 0.562. The second-order valence-corrected chi connectivity index (χ2v) is 7.07. The van der Waals surface area contributed by atoms with Crippen molar-refractivity contribution in [3.63, 3.8) is 0 Å². The third-order valence-corrected chi connectivity index (χ3v) is 5.08. The van der Waals surface area contributed by atoms with Gasteiger partial charge in [0, 0.05) is 17.6 Å². The molecule has 0 aliphatic carbocycles. The number of hydrogen-bond donors (Lipinski definition) is 1. The molecule has 0 saturated carbocycles. The molecule has 0 bridgehead atoms. The molecule has 6 nitrogen and oxygen atoms in total. The maximum Gasteiger partial charge on any atom is 0.226 e. The van der Waals surface area contributed by atoms with E-state index in [1.807, 2.05) is 25.1 Å². The molecule has 0 atom stereocenters. The Labute approximate surface area is 140 Å². The highest BCUT2D eigenvalue weighted by atomic mass is 35.5. The molecular formula is C13H12ClN5OS2. The molecule has 1 aromatic carbocycles. The van der Waals surface area contributed by atoms with E-state index < -0.39 is 0 Å². The van der Waals surface area contributed by atoms with Gasteiger partial charge in [0.1, 0.15) is 0 Å². The number of anilines is 2. The molecule has 0 radical (unpaired) electrons. The van der Waals surface area contributed by atoms with E-state index in [2.05, 4.69) is 25.7 Å². The van der Waals surface area contributed by atoms with Gasteiger partial charge in [-0.15, -0.1) is 20.4 Å². The molecule has 3 rings (SSSR count). The summed E-state index contributed by atoms with van der Waals surface area (Å²) in [5.74, 6) is 1.72. The van der Waals surface area contributed by atoms with E-state index in [-0.39, 0.29) is 0 Å². The Morgan fingerprint density at radius 2 is 2.09 bits per heavy atom. The van der Waals surface area contributed by atoms with Gasteiger partial charge in [-0.25, -0.2) is 0 Å². The summed E-state index contributed by atoms with van der Waals surface area (Å²) in [5, 5.41) is 20.6. The van der Waals surface area contributed by atoms with Crippen molar-refractivity contribution in [2.24, 2.45) is 0 Å². The molecule has 0 fully saturated rings. The van der Waals surface area contributed by atoms with E-state index >= 15 is 0 Å². The Bertz CT molecular complexity index is 788. The molecule has 0 amide bonds. The first kappa shape index (κ1) is 15.3. The zero-order valence-electron chi connectivity index (χ0n) is 11.8. The van der Waals surface area contributed by atoms with Crippen molar-refractivity contribution in [3.05, 3.63) is 40.6 Å². The van der Waals surface area contributed by atoms with E-state index in [0.717, 1.165) is 20.6 Å². The summed E-state index contributed by atoms with van der Waals surface area (Å²) in [6.07, 6.45) is 0. The van der Waals surface area contributed by atoms with Gasteiger partial charge in [-0.1, -0.05) is 40.8 Å². The van der Waals surface area contributed by atoms with Gasteiger partial charge in [0.25, 0.3) is 0 Å². The second kappa shape index (κ2) is 6.64. The Balaban J connectivity index is 1.62. The van der Waals surface area contributed by atoms with Gasteiger partial charge >= 0.3 is 0 Å². The maximum atomic E-state index is 6.10. The van der Waals surface area contributed by atoms with Gasteiger partial charge in [-0.3, -0.25) is 0 Å². The number of nitrogens with one attached hydrogen (secondary N) is 1. The lowest BCUT2D eigenvalue weighted by molar-refractivity contribution is 0.485. The highest BCUT2D eigenvalue weighted by molar-refractivity contribution is 8.00. The first-order valence-corrected chi connectivity index (χ1v) is 8.56. The van der Waals surface area contributed by atoms with Crippen LogP contribution in [0.2, 0.25) is 5.02 Å². The van der Waals surface area contributed by atoms with E-state index in [1.165, 1.54) is 23.1 Å². The third-order valence-electron chi connectivity index (χ3n) is 2.72. The van der Waals surface area contributed by atoms with Crippen LogP contribution in [0.3, 0.4) is 0 Å². The minimum Gasteiger partial charge on any atom is -0.425 e. The zero-order valence-corrected chi connectivity index (χ0v) is 14.2. The molecule has 114 valence electrons. The number of aryl methyl sites for hydroxylation is 2. The minimum absolute atomic E-state index is 0.562. The van der Waals surface area contributed by atoms with Crippen LogP contribution in [-0.2, 0) is 5.75 Å². The van der Waals surface area contributed by atoms with Crippen LogP contribution in [0.25, 0.3) is 0 Å². The molecule has 0 unspecified atom stereocenters. The van der Waals surface area contributed by atoms with Gasteiger partial charge in [0.05, 0.1) is 5.75 Å². The van der Waals surface area contributed by atoms with E-state index in [4.69, 9.17) is 16.0 Å². The second-order valence-electron chi connectivity index (χ2n) is 4.47. The zero-order chi connectivity index (χ0) is 15.5. The van der Waals surface area contributed by atoms with E-state index in [0.29, 0.717) is 22.7 Å². The third kappa shape index (κ3) is 3.76. The number of rotatable bonds is 5. The fraction of sp³-hybridized carbons (Fsp3) is 0.231. The Hall–Kier alpha value is -1.64. The summed E-state index contributed by atoms with van der Waals surface area (Å²) in [4.78, 5) is 0. The summed E-state index contributed by atoms with van der Waals surface area (Å²) in [6.45, 7) is 3.73. The monoisotopic (exact) mass is 353 g/mol. The van der Waals surface area contributed by atoms with Gasteiger partial charge in [0.15, 0.2) is 4.34 Å². The SMILES string of the molecule is Cc1nnc(CSc2nnc(Nc3ccc(C)c(Cl)c3)s2)o1. The van der Waals surface area contributed by atoms with Crippen LogP contribution in [0, 0.1) is 13.8 Å². The quantitative estimate of drug-likeness (QED) is 0.688. The van der Waals surface area contributed by atoms with Gasteiger partial charge in [-0.2, -0.15) is 0 Å². The average molecular weight is 354 g/mol. The Morgan fingerprint density at radius 1 is 1.23 bits per heavy atom. The fourth-order valence-electron chi connectivity index (χ4n) is 1.63. The highest BCUT2D eigenvalue weighted by Crippen LogP contribution is 2.30. The topological polar surface area (TPSA) is 76.7 Å². The summed E-state index contributed by atoms with van der Waals surface area (Å²) >= 11 is 9.07. The first-order valence-electron chi connectivity index (χ1n) is 6.38. The molecule has 0 spiro atoms. The summed E-state index contributed by atoms with van der Waals surface area (Å²) < 4.78 is 6.15. The predicted molar refractivity (Wildman–Crippen MR) is 88.0 cm³/mol. The van der Waals surface area contributed by atoms with Gasteiger partial charge < -0.3 is 9.73 Å². The predicted octanol–water partition coefficient (Wildman–Crippen LogP) is 4.23. The number of hydrogen-bond acceptors (Lipinski definition) is 8.